The second-order valence-corrected chi connectivity index (χ2v) is 10.8. The number of nitrogens with one attached hydrogen (secondary N) is 3. The maximum atomic E-state index is 13.0. The summed E-state index contributed by atoms with van der Waals surface area (Å²) in [4.78, 5) is 56.5. The molecule has 0 bridgehead atoms. The fourth-order valence-corrected chi connectivity index (χ4v) is 4.45. The van der Waals surface area contributed by atoms with Crippen LogP contribution in [0.25, 0.3) is 20.6 Å². The summed E-state index contributed by atoms with van der Waals surface area (Å²) in [6.07, 6.45) is 6.16. The van der Waals surface area contributed by atoms with Crippen molar-refractivity contribution < 1.29 is 58.1 Å². The van der Waals surface area contributed by atoms with Gasteiger partial charge in [0.05, 0.1) is 37.4 Å². The van der Waals surface area contributed by atoms with E-state index in [1.54, 1.807) is 35.0 Å². The average Bonchev–Trinajstić information content (AvgIpc) is 3.85. The Balaban J connectivity index is 0. The molecule has 296 valence electrons. The Morgan fingerprint density at radius 3 is 2.26 bits per heavy atom. The molecule has 1 aromatic carbocycles. The summed E-state index contributed by atoms with van der Waals surface area (Å²) in [7, 11) is 2.50. The molecule has 0 fully saturated rings. The minimum atomic E-state index is -0.630. The van der Waals surface area contributed by atoms with Crippen LogP contribution < -0.4 is 51.0 Å². The van der Waals surface area contributed by atoms with Crippen molar-refractivity contribution in [3.8, 4) is 18.4 Å². The van der Waals surface area contributed by atoms with Crippen LogP contribution in [0.3, 0.4) is 0 Å². The summed E-state index contributed by atoms with van der Waals surface area (Å²) >= 11 is 6.01. The van der Waals surface area contributed by atoms with Gasteiger partial charge in [-0.05, 0) is 53.9 Å². The molecule has 1 amide bonds. The molecule has 58 heavy (non-hydrogen) atoms. The van der Waals surface area contributed by atoms with Crippen molar-refractivity contribution in [2.45, 2.75) is 26.9 Å². The number of aromatic amines is 2. The molecular weight excluding hydrogens is 808 g/mol. The molecule has 0 radical (unpaired) electrons. The van der Waals surface area contributed by atoms with Gasteiger partial charge in [-0.1, -0.05) is 47.1 Å². The molecular formula is C35H35Cl2N13NaO7+. The van der Waals surface area contributed by atoms with E-state index in [2.05, 4.69) is 61.9 Å². The molecule has 5 rings (SSSR count). The Morgan fingerprint density at radius 2 is 1.76 bits per heavy atom. The van der Waals surface area contributed by atoms with Crippen LogP contribution >= 0.6 is 24.0 Å². The number of nitriles is 1. The first-order valence-corrected chi connectivity index (χ1v) is 15.8. The number of rotatable bonds is 6. The molecule has 0 aliphatic heterocycles. The van der Waals surface area contributed by atoms with Gasteiger partial charge in [-0.2, -0.15) is 5.26 Å². The van der Waals surface area contributed by atoms with Crippen LogP contribution in [0.4, 0.5) is 17.5 Å². The topological polar surface area (TPSA) is 293 Å². The number of nitrogens with two attached hydrogens (primary N) is 2. The number of ether oxygens (including phenoxy) is 2. The van der Waals surface area contributed by atoms with Crippen LogP contribution in [0, 0.1) is 60.8 Å². The number of hydrogen-bond acceptors (Lipinski definition) is 14. The number of esters is 2. The molecule has 0 aliphatic carbocycles. The average molecular weight is 844 g/mol. The number of terminal acetylenes is 1. The molecule has 0 spiro atoms. The normalized spacial score (nSPS) is 8.79. The van der Waals surface area contributed by atoms with Crippen molar-refractivity contribution in [2.75, 3.05) is 26.5 Å². The molecule has 4 aromatic heterocycles. The molecule has 23 heteroatoms. The van der Waals surface area contributed by atoms with Gasteiger partial charge in [0.15, 0.2) is 5.69 Å². The summed E-state index contributed by atoms with van der Waals surface area (Å²) in [6.45, 7) is 18.5. The number of aryl methyl sites for hydroxylation is 2. The first-order chi connectivity index (χ1) is 26.7. The van der Waals surface area contributed by atoms with E-state index in [1.165, 1.54) is 20.3 Å². The number of nitrogens with zero attached hydrogens (tertiary/aromatic N) is 8. The molecule has 5 aromatic rings. The molecule has 4 heterocycles. The second-order valence-electron chi connectivity index (χ2n) is 10.3. The summed E-state index contributed by atoms with van der Waals surface area (Å²) < 4.78 is 10.0. The third-order valence-corrected chi connectivity index (χ3v) is 6.90. The number of methoxy groups -OCH3 is 2. The number of amides is 1. The third-order valence-electron chi connectivity index (χ3n) is 6.70. The van der Waals surface area contributed by atoms with Gasteiger partial charge in [0.1, 0.15) is 5.82 Å². The maximum Gasteiger partial charge on any atom is 1.00 e. The number of anilines is 1. The Labute approximate surface area is 365 Å². The number of hydrogen-bond donors (Lipinski definition) is 5. The van der Waals surface area contributed by atoms with Crippen LogP contribution in [-0.4, -0.2) is 63.9 Å². The van der Waals surface area contributed by atoms with E-state index in [9.17, 15) is 14.4 Å². The van der Waals surface area contributed by atoms with Crippen LogP contribution in [0.5, 0.6) is 0 Å². The summed E-state index contributed by atoms with van der Waals surface area (Å²) in [5.74, 6) is 1.24. The Kier molecular flexibility index (Phi) is 26.5. The van der Waals surface area contributed by atoms with Crippen molar-refractivity contribution >= 4 is 70.2 Å². The van der Waals surface area contributed by atoms with Crippen molar-refractivity contribution in [2.24, 2.45) is 11.1 Å². The van der Waals surface area contributed by atoms with Crippen LogP contribution in [0.15, 0.2) is 54.0 Å². The Bertz CT molecular complexity index is 2300. The standard InChI is InChI=1S/C23H20ClN7O.C6H5N3O2.C4H4O2.C2H4N2.ClH.HNO2.Na/c1-13-6-21(25)29-14(2)18(13)11-28-23(32)20-9-22(26-3)30-31(20)12-15-4-5-16-8-17(24)10-27-19(16)7-15;1-7-5-3-4(8-9-5)6(10)11-2;1-3-4(5)6-2;3-1-2-4;;2-1-3;/h4-10H,11-12H2,1-2H3,(H3,25,28,29,32);3H,2H3,(H,8,9);1H,2H3;1,3H2;1H;(H,2,3);/q;;;;;;+1. The first kappa shape index (κ1) is 53.5. The summed E-state index contributed by atoms with van der Waals surface area (Å²) in [5.41, 5.74) is 15.3. The van der Waals surface area contributed by atoms with E-state index in [0.717, 1.165) is 38.6 Å². The van der Waals surface area contributed by atoms with Gasteiger partial charge in [-0.3, -0.25) is 9.78 Å². The van der Waals surface area contributed by atoms with Crippen LogP contribution in [0.1, 0.15) is 43.4 Å². The SMILES string of the molecule is C#CC(=O)OC.Cl.N#CCN.O=N[O-].[C-]#[N+]c1cc(C(=O)NCc2c(C)cc(N)nc2C)[n+](Cc2ccc3cc(Cl)cnc3c2)[nH]1.[C-]#[N+]c1cc(C(=O)OC)n[nH]1.[Na+]. The Morgan fingerprint density at radius 1 is 1.12 bits per heavy atom. The van der Waals surface area contributed by atoms with E-state index in [1.807, 2.05) is 38.1 Å². The van der Waals surface area contributed by atoms with Gasteiger partial charge in [-0.25, -0.2) is 19.7 Å². The van der Waals surface area contributed by atoms with Crippen molar-refractivity contribution in [3.63, 3.8) is 0 Å². The quantitative estimate of drug-likeness (QED) is 0.0186. The molecule has 0 saturated heterocycles. The van der Waals surface area contributed by atoms with Gasteiger partial charge in [0.25, 0.3) is 11.6 Å². The van der Waals surface area contributed by atoms with E-state index < -0.39 is 11.9 Å². The van der Waals surface area contributed by atoms with Crippen LogP contribution in [0.2, 0.25) is 5.02 Å². The second kappa shape index (κ2) is 28.7. The molecule has 0 saturated carbocycles. The fourth-order valence-electron chi connectivity index (χ4n) is 4.28. The number of aromatic nitrogens is 6. The monoisotopic (exact) mass is 842 g/mol. The number of pyridine rings is 2. The van der Waals surface area contributed by atoms with Gasteiger partial charge in [-0.15, -0.1) is 24.2 Å². The smallest absolute Gasteiger partial charge is 0.464 e. The van der Waals surface area contributed by atoms with Gasteiger partial charge < -0.3 is 46.1 Å². The first-order valence-electron chi connectivity index (χ1n) is 15.4. The van der Waals surface area contributed by atoms with Gasteiger partial charge in [0.2, 0.25) is 6.54 Å². The summed E-state index contributed by atoms with van der Waals surface area (Å²) in [6, 6.07) is 14.0. The zero-order valence-electron chi connectivity index (χ0n) is 31.7. The van der Waals surface area contributed by atoms with E-state index in [0.29, 0.717) is 29.6 Å². The van der Waals surface area contributed by atoms with Crippen molar-refractivity contribution in [3.05, 3.63) is 120 Å². The van der Waals surface area contributed by atoms with Crippen LogP contribution in [-0.2, 0) is 27.4 Å². The number of fused-ring (bicyclic) bond motifs is 1. The number of benzene rings is 1. The zero-order valence-corrected chi connectivity index (χ0v) is 35.3. The number of carbonyl (C=O) groups excluding carboxylic acids is 3. The van der Waals surface area contributed by atoms with E-state index >= 15 is 0 Å². The third kappa shape index (κ3) is 17.9. The molecule has 7 N–H and O–H groups in total. The van der Waals surface area contributed by atoms with E-state index in [-0.39, 0.29) is 71.7 Å². The predicted molar refractivity (Wildman–Crippen MR) is 211 cm³/mol. The van der Waals surface area contributed by atoms with Crippen molar-refractivity contribution in [1.29, 1.82) is 5.26 Å². The number of halogens is 2. The number of carbonyl (C=O) groups is 3. The molecule has 0 unspecified atom stereocenters. The largest absolute Gasteiger partial charge is 1.00 e. The predicted octanol–water partition coefficient (Wildman–Crippen LogP) is 1.31. The number of nitrogen functional groups attached to an aromatic ring is 1. The molecule has 20 nitrogen and oxygen atoms in total. The fraction of sp³-hybridized carbons (Fsp3) is 0.200. The van der Waals surface area contributed by atoms with E-state index in [4.69, 9.17) is 45.9 Å². The van der Waals surface area contributed by atoms with Gasteiger partial charge in [0, 0.05) is 41.4 Å². The Hall–Kier alpha value is -6.62. The molecule has 0 atom stereocenters. The summed E-state index contributed by atoms with van der Waals surface area (Å²) in [5, 5.41) is 29.8. The van der Waals surface area contributed by atoms with Crippen molar-refractivity contribution in [1.82, 2.24) is 30.6 Å². The minimum absolute atomic E-state index is 0. The maximum absolute atomic E-state index is 13.0. The number of H-pyrrole nitrogens is 2. The minimum Gasteiger partial charge on any atom is -0.464 e. The van der Waals surface area contributed by atoms with Gasteiger partial charge >= 0.3 is 53.1 Å². The molecule has 0 aliphatic rings. The zero-order chi connectivity index (χ0) is 42.2.